The van der Waals surface area contributed by atoms with Crippen LogP contribution < -0.4 is 5.32 Å². The quantitative estimate of drug-likeness (QED) is 0.756. The molecule has 112 valence electrons. The van der Waals surface area contributed by atoms with Crippen molar-refractivity contribution >= 4 is 17.0 Å². The molecule has 0 radical (unpaired) electrons. The fourth-order valence-corrected chi connectivity index (χ4v) is 1.99. The number of nitrogens with one attached hydrogen (secondary N) is 1. The first-order valence-corrected chi connectivity index (χ1v) is 6.30. The Labute approximate surface area is 122 Å². The number of amides is 1. The first kappa shape index (κ1) is 14.1. The Hall–Kier alpha value is -2.83. The van der Waals surface area contributed by atoms with Gasteiger partial charge in [-0.2, -0.15) is 0 Å². The highest BCUT2D eigenvalue weighted by Crippen LogP contribution is 2.16. The van der Waals surface area contributed by atoms with Crippen LogP contribution in [0.25, 0.3) is 11.1 Å². The van der Waals surface area contributed by atoms with Crippen LogP contribution in [-0.4, -0.2) is 10.9 Å². The summed E-state index contributed by atoms with van der Waals surface area (Å²) in [7, 11) is 0. The van der Waals surface area contributed by atoms with Gasteiger partial charge in [0.15, 0.2) is 29.4 Å². The summed E-state index contributed by atoms with van der Waals surface area (Å²) in [5.41, 5.74) is 1.35. The Balaban J connectivity index is 1.76. The lowest BCUT2D eigenvalue weighted by Gasteiger charge is -2.07. The predicted molar refractivity (Wildman–Crippen MR) is 71.5 cm³/mol. The van der Waals surface area contributed by atoms with E-state index in [1.807, 2.05) is 0 Å². The molecule has 1 heterocycles. The highest BCUT2D eigenvalue weighted by molar-refractivity contribution is 5.94. The van der Waals surface area contributed by atoms with Gasteiger partial charge in [-0.05, 0) is 29.8 Å². The van der Waals surface area contributed by atoms with Crippen LogP contribution in [0.15, 0.2) is 41.1 Å². The molecule has 22 heavy (non-hydrogen) atoms. The molecular weight excluding hydrogens is 297 g/mol. The topological polar surface area (TPSA) is 55.1 Å². The normalized spacial score (nSPS) is 10.9. The summed E-state index contributed by atoms with van der Waals surface area (Å²) in [5, 5.41) is 2.43. The van der Waals surface area contributed by atoms with Crippen molar-refractivity contribution in [1.29, 1.82) is 0 Å². The average Bonchev–Trinajstić information content (AvgIpc) is 2.98. The second-order valence-electron chi connectivity index (χ2n) is 4.56. The molecule has 0 unspecified atom stereocenters. The summed E-state index contributed by atoms with van der Waals surface area (Å²) in [6, 6.07) is 6.69. The summed E-state index contributed by atoms with van der Waals surface area (Å²) in [5.74, 6) is -5.36. The van der Waals surface area contributed by atoms with Gasteiger partial charge in [-0.1, -0.05) is 6.07 Å². The third-order valence-corrected chi connectivity index (χ3v) is 3.13. The average molecular weight is 306 g/mol. The molecule has 0 aliphatic carbocycles. The van der Waals surface area contributed by atoms with E-state index in [9.17, 15) is 18.0 Å². The summed E-state index contributed by atoms with van der Waals surface area (Å²) in [4.78, 5) is 15.8. The van der Waals surface area contributed by atoms with Crippen LogP contribution in [0, 0.1) is 17.5 Å². The van der Waals surface area contributed by atoms with Gasteiger partial charge in [0.1, 0.15) is 5.52 Å². The molecule has 0 aliphatic heterocycles. The van der Waals surface area contributed by atoms with Gasteiger partial charge in [-0.15, -0.1) is 0 Å². The fraction of sp³-hybridized carbons (Fsp3) is 0.0667. The van der Waals surface area contributed by atoms with E-state index in [1.54, 1.807) is 18.2 Å². The number of oxazole rings is 1. The van der Waals surface area contributed by atoms with E-state index in [1.165, 1.54) is 6.39 Å². The van der Waals surface area contributed by atoms with Gasteiger partial charge < -0.3 is 9.73 Å². The number of carbonyl (C=O) groups excluding carboxylic acids is 1. The molecule has 0 spiro atoms. The first-order chi connectivity index (χ1) is 10.6. The lowest BCUT2D eigenvalue weighted by Crippen LogP contribution is -2.24. The summed E-state index contributed by atoms with van der Waals surface area (Å²) < 4.78 is 44.6. The zero-order valence-corrected chi connectivity index (χ0v) is 11.1. The van der Waals surface area contributed by atoms with Gasteiger partial charge in [0, 0.05) is 6.54 Å². The number of aromatic nitrogens is 1. The molecule has 0 saturated heterocycles. The SMILES string of the molecule is O=C(NCc1ccc2ncoc2c1)c1ccc(F)c(F)c1F. The Morgan fingerprint density at radius 1 is 1.14 bits per heavy atom. The molecule has 3 rings (SSSR count). The van der Waals surface area contributed by atoms with E-state index in [4.69, 9.17) is 4.42 Å². The largest absolute Gasteiger partial charge is 0.443 e. The number of halogens is 3. The second kappa shape index (κ2) is 5.51. The van der Waals surface area contributed by atoms with Crippen LogP contribution in [0.2, 0.25) is 0 Å². The van der Waals surface area contributed by atoms with Crippen LogP contribution >= 0.6 is 0 Å². The summed E-state index contributed by atoms with van der Waals surface area (Å²) in [6.45, 7) is 0.0773. The van der Waals surface area contributed by atoms with Crippen molar-refractivity contribution in [1.82, 2.24) is 10.3 Å². The zero-order chi connectivity index (χ0) is 15.7. The van der Waals surface area contributed by atoms with E-state index < -0.39 is 28.9 Å². The minimum absolute atomic E-state index is 0.0773. The molecule has 3 aromatic rings. The number of nitrogens with zero attached hydrogens (tertiary/aromatic N) is 1. The molecule has 0 bridgehead atoms. The van der Waals surface area contributed by atoms with Gasteiger partial charge in [0.05, 0.1) is 5.56 Å². The maximum Gasteiger partial charge on any atom is 0.254 e. The minimum Gasteiger partial charge on any atom is -0.443 e. The van der Waals surface area contributed by atoms with Crippen molar-refractivity contribution in [3.8, 4) is 0 Å². The third kappa shape index (κ3) is 2.52. The molecule has 0 fully saturated rings. The highest BCUT2D eigenvalue weighted by Gasteiger charge is 2.18. The molecule has 7 heteroatoms. The molecular formula is C15H9F3N2O2. The van der Waals surface area contributed by atoms with Gasteiger partial charge in [0.2, 0.25) is 0 Å². The van der Waals surface area contributed by atoms with Crippen LogP contribution in [0.4, 0.5) is 13.2 Å². The number of hydrogen-bond acceptors (Lipinski definition) is 3. The lowest BCUT2D eigenvalue weighted by atomic mass is 10.1. The van der Waals surface area contributed by atoms with Crippen molar-refractivity contribution in [2.75, 3.05) is 0 Å². The van der Waals surface area contributed by atoms with Gasteiger partial charge in [-0.25, -0.2) is 18.2 Å². The standard InChI is InChI=1S/C15H9F3N2O2/c16-10-3-2-9(13(17)14(10)18)15(21)19-6-8-1-4-11-12(5-8)22-7-20-11/h1-5,7H,6H2,(H,19,21). The van der Waals surface area contributed by atoms with Crippen LogP contribution in [0.3, 0.4) is 0 Å². The summed E-state index contributed by atoms with van der Waals surface area (Å²) in [6.07, 6.45) is 1.30. The molecule has 4 nitrogen and oxygen atoms in total. The van der Waals surface area contributed by atoms with Crippen molar-refractivity contribution in [3.63, 3.8) is 0 Å². The summed E-state index contributed by atoms with van der Waals surface area (Å²) >= 11 is 0. The number of hydrogen-bond donors (Lipinski definition) is 1. The number of fused-ring (bicyclic) bond motifs is 1. The molecule has 1 N–H and O–H groups in total. The fourth-order valence-electron chi connectivity index (χ4n) is 1.99. The monoisotopic (exact) mass is 306 g/mol. The number of rotatable bonds is 3. The van der Waals surface area contributed by atoms with Gasteiger partial charge in [0.25, 0.3) is 5.91 Å². The number of benzene rings is 2. The van der Waals surface area contributed by atoms with E-state index in [-0.39, 0.29) is 6.54 Å². The van der Waals surface area contributed by atoms with Crippen molar-refractivity contribution in [2.45, 2.75) is 6.54 Å². The Morgan fingerprint density at radius 3 is 2.77 bits per heavy atom. The van der Waals surface area contributed by atoms with Crippen molar-refractivity contribution in [3.05, 3.63) is 65.3 Å². The van der Waals surface area contributed by atoms with Crippen molar-refractivity contribution in [2.24, 2.45) is 0 Å². The van der Waals surface area contributed by atoms with E-state index in [0.717, 1.165) is 6.07 Å². The Kier molecular flexibility index (Phi) is 3.54. The highest BCUT2D eigenvalue weighted by atomic mass is 19.2. The number of carbonyl (C=O) groups is 1. The van der Waals surface area contributed by atoms with E-state index in [2.05, 4.69) is 10.3 Å². The third-order valence-electron chi connectivity index (χ3n) is 3.13. The maximum absolute atomic E-state index is 13.5. The van der Waals surface area contributed by atoms with Gasteiger partial charge >= 0.3 is 0 Å². The van der Waals surface area contributed by atoms with Crippen molar-refractivity contribution < 1.29 is 22.4 Å². The van der Waals surface area contributed by atoms with E-state index >= 15 is 0 Å². The van der Waals surface area contributed by atoms with Crippen LogP contribution in [0.5, 0.6) is 0 Å². The first-order valence-electron chi connectivity index (χ1n) is 6.30. The van der Waals surface area contributed by atoms with Crippen LogP contribution in [0.1, 0.15) is 15.9 Å². The maximum atomic E-state index is 13.5. The smallest absolute Gasteiger partial charge is 0.254 e. The second-order valence-corrected chi connectivity index (χ2v) is 4.56. The molecule has 1 amide bonds. The molecule has 0 saturated carbocycles. The Morgan fingerprint density at radius 2 is 1.95 bits per heavy atom. The predicted octanol–water partition coefficient (Wildman–Crippen LogP) is 3.18. The lowest BCUT2D eigenvalue weighted by molar-refractivity contribution is 0.0945. The molecule has 1 aromatic heterocycles. The minimum atomic E-state index is -1.67. The van der Waals surface area contributed by atoms with Crippen LogP contribution in [-0.2, 0) is 6.54 Å². The zero-order valence-electron chi connectivity index (χ0n) is 11.1. The molecule has 0 atom stereocenters. The molecule has 2 aromatic carbocycles. The Bertz CT molecular complexity index is 861. The van der Waals surface area contributed by atoms with Gasteiger partial charge in [-0.3, -0.25) is 4.79 Å². The van der Waals surface area contributed by atoms with E-state index in [0.29, 0.717) is 22.7 Å². The molecule has 0 aliphatic rings.